The molecule has 0 fully saturated rings. The monoisotopic (exact) mass is 271 g/mol. The largest absolute Gasteiger partial charge is 0.305 e. The summed E-state index contributed by atoms with van der Waals surface area (Å²) in [5.41, 5.74) is 0. The molecule has 0 aromatic heterocycles. The third-order valence-electron chi connectivity index (χ3n) is 1.62. The smallest absolute Gasteiger partial charge is 0.147 e. The number of halogens is 1. The first-order valence-electron chi connectivity index (χ1n) is 4.31. The van der Waals surface area contributed by atoms with Crippen LogP contribution in [0.1, 0.15) is 13.3 Å². The average Bonchev–Trinajstić information content (AvgIpc) is 1.81. The van der Waals surface area contributed by atoms with Gasteiger partial charge in [-0.1, -0.05) is 22.9 Å². The summed E-state index contributed by atoms with van der Waals surface area (Å²) in [6.45, 7) is 3.86. The van der Waals surface area contributed by atoms with Crippen molar-refractivity contribution in [3.63, 3.8) is 0 Å². The van der Waals surface area contributed by atoms with E-state index in [1.165, 1.54) is 6.26 Å². The first kappa shape index (κ1) is 13.4. The second-order valence-corrected chi connectivity index (χ2v) is 7.35. The number of sulfone groups is 1. The lowest BCUT2D eigenvalue weighted by Crippen LogP contribution is -2.26. The Labute approximate surface area is 89.5 Å². The normalized spacial score (nSPS) is 14.8. The standard InChI is InChI=1S/C8H18BrNO2S/c1-8(9)7-10(2)5-4-6-13(3,11)12/h8H,4-7H2,1-3H3. The van der Waals surface area contributed by atoms with Gasteiger partial charge in [-0.15, -0.1) is 0 Å². The molecule has 0 amide bonds. The molecular formula is C8H18BrNO2S. The zero-order valence-electron chi connectivity index (χ0n) is 8.46. The van der Waals surface area contributed by atoms with Gasteiger partial charge in [0.2, 0.25) is 0 Å². The van der Waals surface area contributed by atoms with Crippen LogP contribution in [0.3, 0.4) is 0 Å². The van der Waals surface area contributed by atoms with Gasteiger partial charge >= 0.3 is 0 Å². The highest BCUT2D eigenvalue weighted by molar-refractivity contribution is 9.09. The summed E-state index contributed by atoms with van der Waals surface area (Å²) in [4.78, 5) is 2.58. The van der Waals surface area contributed by atoms with Crippen molar-refractivity contribution in [1.82, 2.24) is 4.90 Å². The lowest BCUT2D eigenvalue weighted by atomic mass is 10.4. The fourth-order valence-electron chi connectivity index (χ4n) is 1.12. The summed E-state index contributed by atoms with van der Waals surface area (Å²) in [5.74, 6) is 0.286. The number of hydrogen-bond donors (Lipinski definition) is 0. The van der Waals surface area contributed by atoms with E-state index in [-0.39, 0.29) is 5.75 Å². The summed E-state index contributed by atoms with van der Waals surface area (Å²) in [6, 6.07) is 0. The molecule has 0 heterocycles. The molecule has 5 heteroatoms. The van der Waals surface area contributed by atoms with Crippen LogP contribution in [-0.4, -0.2) is 50.3 Å². The highest BCUT2D eigenvalue weighted by Gasteiger charge is 2.05. The Kier molecular flexibility index (Phi) is 6.16. The highest BCUT2D eigenvalue weighted by Crippen LogP contribution is 2.00. The van der Waals surface area contributed by atoms with Gasteiger partial charge in [0.25, 0.3) is 0 Å². The van der Waals surface area contributed by atoms with E-state index in [0.29, 0.717) is 4.83 Å². The molecule has 0 aromatic carbocycles. The van der Waals surface area contributed by atoms with Gasteiger partial charge in [-0.2, -0.15) is 0 Å². The van der Waals surface area contributed by atoms with Crippen molar-refractivity contribution in [2.45, 2.75) is 18.2 Å². The summed E-state index contributed by atoms with van der Waals surface area (Å²) in [6.07, 6.45) is 2.00. The third kappa shape index (κ3) is 10.3. The molecule has 0 aliphatic heterocycles. The van der Waals surface area contributed by atoms with Crippen molar-refractivity contribution in [3.8, 4) is 0 Å². The molecule has 1 atom stereocenters. The minimum Gasteiger partial charge on any atom is -0.305 e. The van der Waals surface area contributed by atoms with E-state index in [9.17, 15) is 8.42 Å². The minimum atomic E-state index is -2.79. The third-order valence-corrected chi connectivity index (χ3v) is 2.94. The molecular weight excluding hydrogens is 254 g/mol. The van der Waals surface area contributed by atoms with Crippen molar-refractivity contribution >= 4 is 25.8 Å². The Bertz CT molecular complexity index is 226. The van der Waals surface area contributed by atoms with Crippen LogP contribution in [0.4, 0.5) is 0 Å². The van der Waals surface area contributed by atoms with Gasteiger partial charge < -0.3 is 4.90 Å². The van der Waals surface area contributed by atoms with Gasteiger partial charge in [-0.05, 0) is 20.0 Å². The Morgan fingerprint density at radius 3 is 2.38 bits per heavy atom. The van der Waals surface area contributed by atoms with Gasteiger partial charge in [0.1, 0.15) is 9.84 Å². The van der Waals surface area contributed by atoms with E-state index >= 15 is 0 Å². The predicted molar refractivity (Wildman–Crippen MR) is 60.2 cm³/mol. The molecule has 3 nitrogen and oxygen atoms in total. The maximum absolute atomic E-state index is 10.8. The summed E-state index contributed by atoms with van der Waals surface area (Å²) in [7, 11) is -0.787. The Morgan fingerprint density at radius 1 is 1.46 bits per heavy atom. The zero-order valence-corrected chi connectivity index (χ0v) is 10.9. The van der Waals surface area contributed by atoms with E-state index in [4.69, 9.17) is 0 Å². The van der Waals surface area contributed by atoms with E-state index in [2.05, 4.69) is 27.8 Å². The zero-order chi connectivity index (χ0) is 10.5. The molecule has 0 aromatic rings. The van der Waals surface area contributed by atoms with Gasteiger partial charge in [-0.25, -0.2) is 8.42 Å². The molecule has 0 aliphatic rings. The van der Waals surface area contributed by atoms with Crippen molar-refractivity contribution in [2.24, 2.45) is 0 Å². The quantitative estimate of drug-likeness (QED) is 0.680. The van der Waals surface area contributed by atoms with E-state index < -0.39 is 9.84 Å². The number of rotatable bonds is 6. The van der Waals surface area contributed by atoms with Crippen LogP contribution in [0, 0.1) is 0 Å². The topological polar surface area (TPSA) is 37.4 Å². The molecule has 0 spiro atoms. The highest BCUT2D eigenvalue weighted by atomic mass is 79.9. The Hall–Kier alpha value is 0.390. The molecule has 13 heavy (non-hydrogen) atoms. The van der Waals surface area contributed by atoms with Crippen LogP contribution in [-0.2, 0) is 9.84 Å². The van der Waals surface area contributed by atoms with Crippen LogP contribution in [0.15, 0.2) is 0 Å². The van der Waals surface area contributed by atoms with E-state index in [1.54, 1.807) is 0 Å². The predicted octanol–water partition coefficient (Wildman–Crippen LogP) is 1.14. The van der Waals surface area contributed by atoms with Gasteiger partial charge in [0.15, 0.2) is 0 Å². The van der Waals surface area contributed by atoms with E-state index in [1.807, 2.05) is 7.05 Å². The average molecular weight is 272 g/mol. The van der Waals surface area contributed by atoms with Crippen LogP contribution >= 0.6 is 15.9 Å². The number of nitrogens with zero attached hydrogens (tertiary/aromatic N) is 1. The van der Waals surface area contributed by atoms with Crippen LogP contribution < -0.4 is 0 Å². The first-order valence-corrected chi connectivity index (χ1v) is 7.29. The lowest BCUT2D eigenvalue weighted by Gasteiger charge is -2.17. The second-order valence-electron chi connectivity index (χ2n) is 3.53. The number of alkyl halides is 1. The molecule has 0 aliphatic carbocycles. The summed E-state index contributed by atoms with van der Waals surface area (Å²) < 4.78 is 21.6. The fraction of sp³-hybridized carbons (Fsp3) is 1.00. The van der Waals surface area contributed by atoms with Crippen molar-refractivity contribution in [3.05, 3.63) is 0 Å². The maximum Gasteiger partial charge on any atom is 0.147 e. The minimum absolute atomic E-state index is 0.286. The van der Waals surface area contributed by atoms with Gasteiger partial charge in [0.05, 0.1) is 5.75 Å². The molecule has 0 saturated carbocycles. The Morgan fingerprint density at radius 2 is 2.00 bits per heavy atom. The SMILES string of the molecule is CC(Br)CN(C)CCCS(C)(=O)=O. The van der Waals surface area contributed by atoms with Crippen molar-refractivity contribution in [1.29, 1.82) is 0 Å². The lowest BCUT2D eigenvalue weighted by molar-refractivity contribution is 0.341. The van der Waals surface area contributed by atoms with Crippen LogP contribution in [0.2, 0.25) is 0 Å². The first-order chi connectivity index (χ1) is 5.81. The van der Waals surface area contributed by atoms with Crippen LogP contribution in [0.25, 0.3) is 0 Å². The molecule has 0 N–H and O–H groups in total. The summed E-state index contributed by atoms with van der Waals surface area (Å²) >= 11 is 3.45. The van der Waals surface area contributed by atoms with Crippen molar-refractivity contribution in [2.75, 3.05) is 32.1 Å². The van der Waals surface area contributed by atoms with Crippen molar-refractivity contribution < 1.29 is 8.42 Å². The Balaban J connectivity index is 3.54. The molecule has 0 rings (SSSR count). The second kappa shape index (κ2) is 5.98. The molecule has 0 saturated heterocycles. The summed E-state index contributed by atoms with van der Waals surface area (Å²) in [5, 5.41) is 0. The number of hydrogen-bond acceptors (Lipinski definition) is 3. The molecule has 80 valence electrons. The van der Waals surface area contributed by atoms with E-state index in [0.717, 1.165) is 19.5 Å². The maximum atomic E-state index is 10.8. The fourth-order valence-corrected chi connectivity index (χ4v) is 2.27. The molecule has 0 bridgehead atoms. The molecule has 1 unspecified atom stereocenters. The molecule has 0 radical (unpaired) electrons. The van der Waals surface area contributed by atoms with Crippen LogP contribution in [0.5, 0.6) is 0 Å². The van der Waals surface area contributed by atoms with Gasteiger partial charge in [0, 0.05) is 17.6 Å². The van der Waals surface area contributed by atoms with Gasteiger partial charge in [-0.3, -0.25) is 0 Å².